The summed E-state index contributed by atoms with van der Waals surface area (Å²) >= 11 is 3.62. The van der Waals surface area contributed by atoms with E-state index < -0.39 is 0 Å². The summed E-state index contributed by atoms with van der Waals surface area (Å²) in [6.45, 7) is 6.15. The monoisotopic (exact) mass is 252 g/mol. The van der Waals surface area contributed by atoms with Crippen LogP contribution in [0.5, 0.6) is 0 Å². The third-order valence-corrected chi connectivity index (χ3v) is 4.66. The van der Waals surface area contributed by atoms with Gasteiger partial charge in [0.25, 0.3) is 0 Å². The molecule has 0 aliphatic rings. The van der Waals surface area contributed by atoms with E-state index >= 15 is 0 Å². The lowest BCUT2D eigenvalue weighted by Crippen LogP contribution is -2.11. The molecule has 16 heavy (non-hydrogen) atoms. The highest BCUT2D eigenvalue weighted by Crippen LogP contribution is 2.17. The van der Waals surface area contributed by atoms with Crippen LogP contribution in [0, 0.1) is 6.92 Å². The minimum absolute atomic E-state index is 0.926. The molecule has 2 rings (SSSR count). The first kappa shape index (κ1) is 11.8. The van der Waals surface area contributed by atoms with Gasteiger partial charge in [0, 0.05) is 27.7 Å². The van der Waals surface area contributed by atoms with Gasteiger partial charge in [-0.05, 0) is 25.5 Å². The zero-order valence-electron chi connectivity index (χ0n) is 9.62. The summed E-state index contributed by atoms with van der Waals surface area (Å²) < 4.78 is 0. The Morgan fingerprint density at radius 3 is 2.69 bits per heavy atom. The van der Waals surface area contributed by atoms with Gasteiger partial charge in [0.1, 0.15) is 0 Å². The lowest BCUT2D eigenvalue weighted by Gasteiger charge is -2.01. The van der Waals surface area contributed by atoms with E-state index in [9.17, 15) is 0 Å². The second kappa shape index (κ2) is 5.57. The zero-order chi connectivity index (χ0) is 11.4. The topological polar surface area (TPSA) is 24.9 Å². The van der Waals surface area contributed by atoms with Crippen molar-refractivity contribution < 1.29 is 0 Å². The Balaban J connectivity index is 1.82. The fourth-order valence-corrected chi connectivity index (χ4v) is 3.18. The summed E-state index contributed by atoms with van der Waals surface area (Å²) in [5.74, 6) is 0. The van der Waals surface area contributed by atoms with E-state index in [1.165, 1.54) is 14.6 Å². The molecule has 2 nitrogen and oxygen atoms in total. The Bertz CT molecular complexity index is 445. The highest BCUT2D eigenvalue weighted by Gasteiger charge is 2.02. The normalized spacial score (nSPS) is 10.9. The van der Waals surface area contributed by atoms with Crippen molar-refractivity contribution in [2.45, 2.75) is 33.4 Å². The van der Waals surface area contributed by atoms with Gasteiger partial charge in [0.2, 0.25) is 0 Å². The molecule has 0 saturated carbocycles. The Hall–Kier alpha value is -0.710. The lowest BCUT2D eigenvalue weighted by atomic mass is 10.3. The average molecular weight is 252 g/mol. The molecule has 0 spiro atoms. The van der Waals surface area contributed by atoms with Crippen molar-refractivity contribution in [1.29, 1.82) is 0 Å². The summed E-state index contributed by atoms with van der Waals surface area (Å²) in [5, 5.41) is 3.46. The number of thiazole rings is 1. The van der Waals surface area contributed by atoms with Crippen LogP contribution in [0.15, 0.2) is 17.6 Å². The van der Waals surface area contributed by atoms with Crippen molar-refractivity contribution in [2.75, 3.05) is 0 Å². The van der Waals surface area contributed by atoms with E-state index in [1.54, 1.807) is 11.3 Å². The number of rotatable bonds is 5. The summed E-state index contributed by atoms with van der Waals surface area (Å²) in [5.41, 5.74) is 3.06. The maximum absolute atomic E-state index is 4.24. The first-order chi connectivity index (χ1) is 7.79. The smallest absolute Gasteiger partial charge is 0.0798 e. The van der Waals surface area contributed by atoms with E-state index in [0.717, 1.165) is 25.2 Å². The van der Waals surface area contributed by atoms with E-state index in [2.05, 4.69) is 36.3 Å². The highest BCUT2D eigenvalue weighted by atomic mass is 32.1. The van der Waals surface area contributed by atoms with Crippen LogP contribution in [0.25, 0.3) is 0 Å². The minimum atomic E-state index is 0.926. The molecule has 2 heterocycles. The number of hydrogen-bond acceptors (Lipinski definition) is 4. The van der Waals surface area contributed by atoms with E-state index in [1.807, 2.05) is 16.8 Å². The Kier molecular flexibility index (Phi) is 4.09. The van der Waals surface area contributed by atoms with Gasteiger partial charge in [-0.3, -0.25) is 0 Å². The fraction of sp³-hybridized carbons (Fsp3) is 0.417. The molecule has 0 aliphatic heterocycles. The Morgan fingerprint density at radius 1 is 1.25 bits per heavy atom. The van der Waals surface area contributed by atoms with Crippen LogP contribution in [0.4, 0.5) is 0 Å². The van der Waals surface area contributed by atoms with E-state index in [4.69, 9.17) is 0 Å². The summed E-state index contributed by atoms with van der Waals surface area (Å²) in [7, 11) is 0. The predicted octanol–water partition coefficient (Wildman–Crippen LogP) is 3.37. The van der Waals surface area contributed by atoms with Crippen LogP contribution in [0.3, 0.4) is 0 Å². The van der Waals surface area contributed by atoms with Crippen LogP contribution >= 0.6 is 22.7 Å². The number of aromatic nitrogens is 1. The van der Waals surface area contributed by atoms with Crippen molar-refractivity contribution in [1.82, 2.24) is 10.3 Å². The Morgan fingerprint density at radius 2 is 2.06 bits per heavy atom. The molecule has 4 heteroatoms. The molecule has 0 aromatic carbocycles. The van der Waals surface area contributed by atoms with Crippen LogP contribution in [0.2, 0.25) is 0 Å². The second-order valence-electron chi connectivity index (χ2n) is 3.69. The molecule has 0 atom stereocenters. The van der Waals surface area contributed by atoms with Crippen molar-refractivity contribution in [2.24, 2.45) is 0 Å². The van der Waals surface area contributed by atoms with Gasteiger partial charge in [0.15, 0.2) is 0 Å². The third-order valence-electron chi connectivity index (χ3n) is 2.50. The lowest BCUT2D eigenvalue weighted by molar-refractivity contribution is 0.705. The van der Waals surface area contributed by atoms with Crippen molar-refractivity contribution in [3.05, 3.63) is 38.0 Å². The molecular formula is C12H16N2S2. The standard InChI is InChI=1S/C12H16N2S2/c1-3-10-4-5-11(16-10)6-13-7-12-9(2)14-8-15-12/h4-5,8,13H,3,6-7H2,1-2H3. The minimum Gasteiger partial charge on any atom is -0.307 e. The molecule has 0 saturated heterocycles. The molecule has 1 N–H and O–H groups in total. The number of nitrogens with one attached hydrogen (secondary N) is 1. The second-order valence-corrected chi connectivity index (χ2v) is 5.88. The Labute approximate surface area is 104 Å². The molecule has 0 radical (unpaired) electrons. The molecule has 2 aromatic rings. The fourth-order valence-electron chi connectivity index (χ4n) is 1.50. The summed E-state index contributed by atoms with van der Waals surface area (Å²) in [6, 6.07) is 4.44. The van der Waals surface area contributed by atoms with Gasteiger partial charge in [-0.25, -0.2) is 4.98 Å². The molecule has 86 valence electrons. The maximum atomic E-state index is 4.24. The van der Waals surface area contributed by atoms with Gasteiger partial charge in [0.05, 0.1) is 11.2 Å². The number of hydrogen-bond donors (Lipinski definition) is 1. The molecule has 0 fully saturated rings. The van der Waals surface area contributed by atoms with Crippen molar-refractivity contribution in [3.63, 3.8) is 0 Å². The van der Waals surface area contributed by atoms with Crippen LogP contribution in [-0.2, 0) is 19.5 Å². The zero-order valence-corrected chi connectivity index (χ0v) is 11.3. The predicted molar refractivity (Wildman–Crippen MR) is 71.1 cm³/mol. The molecule has 2 aromatic heterocycles. The summed E-state index contributed by atoms with van der Waals surface area (Å²) in [6.07, 6.45) is 1.14. The van der Waals surface area contributed by atoms with Crippen molar-refractivity contribution >= 4 is 22.7 Å². The first-order valence-corrected chi connectivity index (χ1v) is 7.16. The van der Waals surface area contributed by atoms with Gasteiger partial charge in [-0.15, -0.1) is 22.7 Å². The van der Waals surface area contributed by atoms with Crippen molar-refractivity contribution in [3.8, 4) is 0 Å². The number of thiophene rings is 1. The highest BCUT2D eigenvalue weighted by molar-refractivity contribution is 7.12. The first-order valence-electron chi connectivity index (χ1n) is 5.47. The summed E-state index contributed by atoms with van der Waals surface area (Å²) in [4.78, 5) is 8.46. The number of nitrogens with zero attached hydrogens (tertiary/aromatic N) is 1. The van der Waals surface area contributed by atoms with E-state index in [0.29, 0.717) is 0 Å². The number of aryl methyl sites for hydroxylation is 2. The van der Waals surface area contributed by atoms with Crippen LogP contribution in [0.1, 0.15) is 27.2 Å². The molecular weight excluding hydrogens is 236 g/mol. The molecule has 0 aliphatic carbocycles. The van der Waals surface area contributed by atoms with E-state index in [-0.39, 0.29) is 0 Å². The van der Waals surface area contributed by atoms with Crippen LogP contribution in [-0.4, -0.2) is 4.98 Å². The van der Waals surface area contributed by atoms with Gasteiger partial charge in [-0.2, -0.15) is 0 Å². The average Bonchev–Trinajstić information content (AvgIpc) is 2.89. The molecule has 0 unspecified atom stereocenters. The van der Waals surface area contributed by atoms with Crippen LogP contribution < -0.4 is 5.32 Å². The SMILES string of the molecule is CCc1ccc(CNCc2scnc2C)s1. The maximum Gasteiger partial charge on any atom is 0.0798 e. The quantitative estimate of drug-likeness (QED) is 0.882. The van der Waals surface area contributed by atoms with Gasteiger partial charge in [-0.1, -0.05) is 6.92 Å². The largest absolute Gasteiger partial charge is 0.307 e. The van der Waals surface area contributed by atoms with Gasteiger partial charge < -0.3 is 5.32 Å². The molecule has 0 amide bonds. The van der Waals surface area contributed by atoms with Gasteiger partial charge >= 0.3 is 0 Å². The molecule has 0 bridgehead atoms. The third kappa shape index (κ3) is 2.90.